The van der Waals surface area contributed by atoms with Gasteiger partial charge in [0.15, 0.2) is 0 Å². The van der Waals surface area contributed by atoms with Gasteiger partial charge in [0.05, 0.1) is 12.7 Å². The monoisotopic (exact) mass is 123 g/mol. The molecule has 1 saturated heterocycles. The van der Waals surface area contributed by atoms with E-state index in [1.807, 2.05) is 12.1 Å². The maximum Gasteiger partial charge on any atom is 0.0908 e. The number of allylic oxidation sites excluding steroid dienone is 1. The van der Waals surface area contributed by atoms with Crippen molar-refractivity contribution in [3.05, 3.63) is 12.2 Å². The van der Waals surface area contributed by atoms with Gasteiger partial charge in [0.2, 0.25) is 0 Å². The highest BCUT2D eigenvalue weighted by Gasteiger charge is 2.10. The van der Waals surface area contributed by atoms with Crippen molar-refractivity contribution in [1.82, 2.24) is 0 Å². The maximum atomic E-state index is 8.15. The van der Waals surface area contributed by atoms with E-state index in [-0.39, 0.29) is 0 Å². The number of hydrogen-bond acceptors (Lipinski definition) is 2. The highest BCUT2D eigenvalue weighted by atomic mass is 16.5. The van der Waals surface area contributed by atoms with E-state index < -0.39 is 0 Å². The van der Waals surface area contributed by atoms with Crippen LogP contribution in [0, 0.1) is 17.2 Å². The minimum Gasteiger partial charge on any atom is -0.381 e. The van der Waals surface area contributed by atoms with Crippen molar-refractivity contribution in [3.8, 4) is 6.07 Å². The minimum absolute atomic E-state index is 0.490. The van der Waals surface area contributed by atoms with Crippen LogP contribution in [0.15, 0.2) is 12.2 Å². The summed E-state index contributed by atoms with van der Waals surface area (Å²) >= 11 is 0. The molecule has 1 heterocycles. The third-order valence-corrected chi connectivity index (χ3v) is 1.41. The third-order valence-electron chi connectivity index (χ3n) is 1.41. The van der Waals surface area contributed by atoms with Gasteiger partial charge >= 0.3 is 0 Å². The van der Waals surface area contributed by atoms with Crippen molar-refractivity contribution >= 4 is 0 Å². The molecular weight excluding hydrogens is 114 g/mol. The molecule has 2 nitrogen and oxygen atoms in total. The Hall–Kier alpha value is -0.810. The Morgan fingerprint density at radius 1 is 1.67 bits per heavy atom. The number of nitrogens with zero attached hydrogens (tertiary/aromatic N) is 1. The Labute approximate surface area is 54.7 Å². The predicted octanol–water partition coefficient (Wildman–Crippen LogP) is 1.10. The molecule has 1 atom stereocenters. The van der Waals surface area contributed by atoms with Crippen molar-refractivity contribution in [3.63, 3.8) is 0 Å². The first kappa shape index (κ1) is 6.31. The van der Waals surface area contributed by atoms with E-state index in [0.29, 0.717) is 5.92 Å². The van der Waals surface area contributed by atoms with Gasteiger partial charge in [-0.25, -0.2) is 0 Å². The summed E-state index contributed by atoms with van der Waals surface area (Å²) in [5, 5.41) is 8.15. The zero-order valence-electron chi connectivity index (χ0n) is 5.21. The maximum absolute atomic E-state index is 8.15. The van der Waals surface area contributed by atoms with Crippen LogP contribution < -0.4 is 0 Å². The number of rotatable bonds is 1. The van der Waals surface area contributed by atoms with E-state index >= 15 is 0 Å². The smallest absolute Gasteiger partial charge is 0.0908 e. The molecule has 1 rings (SSSR count). The second kappa shape index (κ2) is 3.26. The zero-order valence-corrected chi connectivity index (χ0v) is 5.21. The average Bonchev–Trinajstić information content (AvgIpc) is 2.34. The molecule has 1 aliphatic heterocycles. The SMILES string of the molecule is N#C/C=C\[C@@H]1CCOC1. The molecule has 0 aromatic heterocycles. The summed E-state index contributed by atoms with van der Waals surface area (Å²) in [5.74, 6) is 0.490. The van der Waals surface area contributed by atoms with E-state index in [2.05, 4.69) is 0 Å². The van der Waals surface area contributed by atoms with Crippen LogP contribution in [0.5, 0.6) is 0 Å². The van der Waals surface area contributed by atoms with E-state index in [4.69, 9.17) is 10.00 Å². The molecule has 0 unspecified atom stereocenters. The first-order valence-corrected chi connectivity index (χ1v) is 3.07. The van der Waals surface area contributed by atoms with Gasteiger partial charge in [0.1, 0.15) is 0 Å². The lowest BCUT2D eigenvalue weighted by molar-refractivity contribution is 0.191. The molecule has 0 aromatic carbocycles. The van der Waals surface area contributed by atoms with Crippen molar-refractivity contribution in [1.29, 1.82) is 5.26 Å². The Morgan fingerprint density at radius 2 is 2.56 bits per heavy atom. The summed E-state index contributed by atoms with van der Waals surface area (Å²) in [7, 11) is 0. The molecule has 0 N–H and O–H groups in total. The van der Waals surface area contributed by atoms with Crippen LogP contribution in [0.2, 0.25) is 0 Å². The van der Waals surface area contributed by atoms with Crippen LogP contribution in [0.3, 0.4) is 0 Å². The standard InChI is InChI=1S/C7H9NO/c8-4-1-2-7-3-5-9-6-7/h1-2,7H,3,5-6H2/b2-1-/t7-/m1/s1. The minimum atomic E-state index is 0.490. The van der Waals surface area contributed by atoms with Gasteiger partial charge in [-0.15, -0.1) is 0 Å². The van der Waals surface area contributed by atoms with E-state index in [1.165, 1.54) is 6.08 Å². The summed E-state index contributed by atoms with van der Waals surface area (Å²) in [6.07, 6.45) is 4.50. The van der Waals surface area contributed by atoms with Gasteiger partial charge in [0, 0.05) is 18.6 Å². The molecule has 0 radical (unpaired) electrons. The third kappa shape index (κ3) is 1.87. The highest BCUT2D eigenvalue weighted by molar-refractivity contribution is 5.04. The summed E-state index contributed by atoms with van der Waals surface area (Å²) in [5.41, 5.74) is 0. The molecule has 0 saturated carbocycles. The molecule has 1 fully saturated rings. The molecule has 9 heavy (non-hydrogen) atoms. The van der Waals surface area contributed by atoms with Crippen LogP contribution in [-0.4, -0.2) is 13.2 Å². The molecule has 1 aliphatic rings. The molecule has 0 amide bonds. The lowest BCUT2D eigenvalue weighted by atomic mass is 10.1. The van der Waals surface area contributed by atoms with Gasteiger partial charge in [-0.1, -0.05) is 6.08 Å². The normalized spacial score (nSPS) is 26.8. The van der Waals surface area contributed by atoms with Gasteiger partial charge < -0.3 is 4.74 Å². The first-order valence-electron chi connectivity index (χ1n) is 3.07. The first-order chi connectivity index (χ1) is 4.43. The fourth-order valence-corrected chi connectivity index (χ4v) is 0.884. The summed E-state index contributed by atoms with van der Waals surface area (Å²) in [4.78, 5) is 0. The second-order valence-electron chi connectivity index (χ2n) is 2.11. The molecule has 0 aliphatic carbocycles. The fraction of sp³-hybridized carbons (Fsp3) is 0.571. The van der Waals surface area contributed by atoms with Crippen molar-refractivity contribution < 1.29 is 4.74 Å². The van der Waals surface area contributed by atoms with Crippen LogP contribution in [-0.2, 0) is 4.74 Å². The number of ether oxygens (including phenoxy) is 1. The fourth-order valence-electron chi connectivity index (χ4n) is 0.884. The van der Waals surface area contributed by atoms with Crippen LogP contribution in [0.1, 0.15) is 6.42 Å². The Kier molecular flexibility index (Phi) is 2.29. The topological polar surface area (TPSA) is 33.0 Å². The van der Waals surface area contributed by atoms with Crippen LogP contribution >= 0.6 is 0 Å². The van der Waals surface area contributed by atoms with E-state index in [1.54, 1.807) is 0 Å². The molecule has 2 heteroatoms. The lowest BCUT2D eigenvalue weighted by Crippen LogP contribution is -1.92. The van der Waals surface area contributed by atoms with Gasteiger partial charge in [0.25, 0.3) is 0 Å². The van der Waals surface area contributed by atoms with E-state index in [9.17, 15) is 0 Å². The Bertz CT molecular complexity index is 139. The molecule has 0 aromatic rings. The van der Waals surface area contributed by atoms with Crippen molar-refractivity contribution in [2.45, 2.75) is 6.42 Å². The zero-order chi connectivity index (χ0) is 6.53. The average molecular weight is 123 g/mol. The molecule has 0 bridgehead atoms. The largest absolute Gasteiger partial charge is 0.381 e. The van der Waals surface area contributed by atoms with Gasteiger partial charge in [-0.05, 0) is 6.42 Å². The highest BCUT2D eigenvalue weighted by Crippen LogP contribution is 2.12. The second-order valence-corrected chi connectivity index (χ2v) is 2.11. The summed E-state index contributed by atoms with van der Waals surface area (Å²) < 4.78 is 5.09. The van der Waals surface area contributed by atoms with Crippen LogP contribution in [0.4, 0.5) is 0 Å². The molecular formula is C7H9NO. The van der Waals surface area contributed by atoms with Gasteiger partial charge in [-0.3, -0.25) is 0 Å². The summed E-state index contributed by atoms with van der Waals surface area (Å²) in [6, 6.07) is 1.96. The number of hydrogen-bond donors (Lipinski definition) is 0. The Balaban J connectivity index is 2.28. The van der Waals surface area contributed by atoms with Crippen molar-refractivity contribution in [2.75, 3.05) is 13.2 Å². The summed E-state index contributed by atoms with van der Waals surface area (Å²) in [6.45, 7) is 1.64. The number of nitriles is 1. The molecule has 48 valence electrons. The van der Waals surface area contributed by atoms with Crippen LogP contribution in [0.25, 0.3) is 0 Å². The van der Waals surface area contributed by atoms with E-state index in [0.717, 1.165) is 19.6 Å². The Morgan fingerprint density at radius 3 is 3.11 bits per heavy atom. The van der Waals surface area contributed by atoms with Gasteiger partial charge in [-0.2, -0.15) is 5.26 Å². The quantitative estimate of drug-likeness (QED) is 0.489. The molecule has 0 spiro atoms. The predicted molar refractivity (Wildman–Crippen MR) is 33.7 cm³/mol. The van der Waals surface area contributed by atoms with Crippen molar-refractivity contribution in [2.24, 2.45) is 5.92 Å². The lowest BCUT2D eigenvalue weighted by Gasteiger charge is -1.93.